The Morgan fingerprint density at radius 3 is 2.13 bits per heavy atom. The van der Waals surface area contributed by atoms with Crippen LogP contribution in [0, 0.1) is 5.41 Å². The van der Waals surface area contributed by atoms with Gasteiger partial charge >= 0.3 is 5.97 Å². The van der Waals surface area contributed by atoms with Crippen LogP contribution in [-0.2, 0) is 14.3 Å². The van der Waals surface area contributed by atoms with Gasteiger partial charge in [-0.3, -0.25) is 14.4 Å². The van der Waals surface area contributed by atoms with Crippen molar-refractivity contribution < 1.29 is 28.6 Å². The molecule has 0 N–H and O–H groups in total. The molecule has 3 rings (SSSR count). The van der Waals surface area contributed by atoms with E-state index in [9.17, 15) is 14.4 Å². The summed E-state index contributed by atoms with van der Waals surface area (Å²) in [4.78, 5) is 41.0. The number of carbonyl (C=O) groups excluding carboxylic acids is 3. The average Bonchev–Trinajstić information content (AvgIpc) is 3.15. The predicted octanol–water partition coefficient (Wildman–Crippen LogP) is 2.50. The molecule has 2 saturated heterocycles. The number of amides is 2. The fraction of sp³-hybridized carbons (Fsp3) is 0.609. The Hall–Kier alpha value is -2.77. The van der Waals surface area contributed by atoms with Gasteiger partial charge in [0.1, 0.15) is 11.5 Å². The highest BCUT2D eigenvalue weighted by atomic mass is 16.6. The van der Waals surface area contributed by atoms with Crippen molar-refractivity contribution in [2.45, 2.75) is 45.6 Å². The molecule has 1 aromatic rings. The van der Waals surface area contributed by atoms with E-state index in [1.54, 1.807) is 51.2 Å². The fourth-order valence-corrected chi connectivity index (χ4v) is 4.64. The highest BCUT2D eigenvalue weighted by Crippen LogP contribution is 2.41. The van der Waals surface area contributed by atoms with Crippen LogP contribution < -0.4 is 9.47 Å². The second kappa shape index (κ2) is 8.77. The fourth-order valence-electron chi connectivity index (χ4n) is 4.64. The number of benzene rings is 1. The van der Waals surface area contributed by atoms with Gasteiger partial charge in [0.2, 0.25) is 0 Å². The quantitative estimate of drug-likeness (QED) is 0.665. The largest absolute Gasteiger partial charge is 0.497 e. The molecule has 0 saturated carbocycles. The first-order chi connectivity index (χ1) is 14.6. The SMILES string of the molecule is COc1ccc(OC)c(C(=O)N2CCC3(CC2)CCN(C(=O)C(C)(C)OC(C)=O)C3)c1. The third-order valence-electron chi connectivity index (χ3n) is 6.39. The average molecular weight is 433 g/mol. The van der Waals surface area contributed by atoms with E-state index in [0.29, 0.717) is 43.2 Å². The zero-order valence-corrected chi connectivity index (χ0v) is 19.0. The maximum absolute atomic E-state index is 13.1. The molecular weight excluding hydrogens is 400 g/mol. The van der Waals surface area contributed by atoms with Crippen LogP contribution in [0.3, 0.4) is 0 Å². The number of nitrogens with zero attached hydrogens (tertiary/aromatic N) is 2. The summed E-state index contributed by atoms with van der Waals surface area (Å²) in [7, 11) is 3.11. The second-order valence-electron chi connectivity index (χ2n) is 8.94. The van der Waals surface area contributed by atoms with E-state index in [-0.39, 0.29) is 17.2 Å². The lowest BCUT2D eigenvalue weighted by atomic mass is 9.77. The molecule has 2 heterocycles. The number of esters is 1. The molecule has 1 spiro atoms. The van der Waals surface area contributed by atoms with E-state index >= 15 is 0 Å². The summed E-state index contributed by atoms with van der Waals surface area (Å²) in [6.45, 7) is 7.07. The van der Waals surface area contributed by atoms with E-state index in [1.807, 2.05) is 4.90 Å². The van der Waals surface area contributed by atoms with Crippen LogP contribution >= 0.6 is 0 Å². The van der Waals surface area contributed by atoms with Gasteiger partial charge in [-0.15, -0.1) is 0 Å². The Morgan fingerprint density at radius 2 is 1.58 bits per heavy atom. The van der Waals surface area contributed by atoms with Gasteiger partial charge in [-0.05, 0) is 56.7 Å². The van der Waals surface area contributed by atoms with E-state index in [2.05, 4.69) is 0 Å². The first-order valence-corrected chi connectivity index (χ1v) is 10.6. The van der Waals surface area contributed by atoms with Crippen molar-refractivity contribution in [3.8, 4) is 11.5 Å². The summed E-state index contributed by atoms with van der Waals surface area (Å²) in [5, 5.41) is 0. The molecule has 0 aliphatic carbocycles. The molecule has 1 aromatic carbocycles. The van der Waals surface area contributed by atoms with Gasteiger partial charge in [0.05, 0.1) is 19.8 Å². The van der Waals surface area contributed by atoms with Crippen LogP contribution in [0.15, 0.2) is 18.2 Å². The Kier molecular flexibility index (Phi) is 6.48. The van der Waals surface area contributed by atoms with Gasteiger partial charge in [0, 0.05) is 33.1 Å². The Balaban J connectivity index is 1.64. The normalized spacial score (nSPS) is 18.1. The van der Waals surface area contributed by atoms with Crippen LogP contribution in [0.1, 0.15) is 50.4 Å². The zero-order chi connectivity index (χ0) is 22.8. The summed E-state index contributed by atoms with van der Waals surface area (Å²) in [5.41, 5.74) is -0.683. The number of ether oxygens (including phenoxy) is 3. The number of piperidine rings is 1. The highest BCUT2D eigenvalue weighted by Gasteiger charge is 2.46. The lowest BCUT2D eigenvalue weighted by molar-refractivity contribution is -0.168. The first-order valence-electron chi connectivity index (χ1n) is 10.6. The van der Waals surface area contributed by atoms with Crippen LogP contribution in [0.2, 0.25) is 0 Å². The molecule has 8 heteroatoms. The number of hydrogen-bond donors (Lipinski definition) is 0. The molecule has 8 nitrogen and oxygen atoms in total. The number of likely N-dealkylation sites (tertiary alicyclic amines) is 2. The third kappa shape index (κ3) is 4.78. The number of methoxy groups -OCH3 is 2. The van der Waals surface area contributed by atoms with Gasteiger partial charge in [-0.25, -0.2) is 0 Å². The molecule has 2 aliphatic rings. The number of carbonyl (C=O) groups is 3. The van der Waals surface area contributed by atoms with Gasteiger partial charge in [0.25, 0.3) is 11.8 Å². The summed E-state index contributed by atoms with van der Waals surface area (Å²) < 4.78 is 15.8. The highest BCUT2D eigenvalue weighted by molar-refractivity contribution is 5.97. The van der Waals surface area contributed by atoms with Crippen LogP contribution in [0.5, 0.6) is 11.5 Å². The Morgan fingerprint density at radius 1 is 0.968 bits per heavy atom. The van der Waals surface area contributed by atoms with Gasteiger partial charge in [-0.1, -0.05) is 0 Å². The van der Waals surface area contributed by atoms with E-state index in [4.69, 9.17) is 14.2 Å². The van der Waals surface area contributed by atoms with Crippen molar-refractivity contribution >= 4 is 17.8 Å². The minimum absolute atomic E-state index is 0.00277. The molecule has 0 unspecified atom stereocenters. The van der Waals surface area contributed by atoms with Gasteiger partial charge in [-0.2, -0.15) is 0 Å². The minimum Gasteiger partial charge on any atom is -0.497 e. The van der Waals surface area contributed by atoms with Crippen LogP contribution in [0.25, 0.3) is 0 Å². The number of rotatable bonds is 5. The van der Waals surface area contributed by atoms with Gasteiger partial charge < -0.3 is 24.0 Å². The monoisotopic (exact) mass is 432 g/mol. The van der Waals surface area contributed by atoms with Crippen molar-refractivity contribution in [2.24, 2.45) is 5.41 Å². The molecule has 170 valence electrons. The van der Waals surface area contributed by atoms with Crippen molar-refractivity contribution in [1.82, 2.24) is 9.80 Å². The Bertz CT molecular complexity index is 858. The van der Waals surface area contributed by atoms with E-state index < -0.39 is 11.6 Å². The van der Waals surface area contributed by atoms with Crippen molar-refractivity contribution in [3.63, 3.8) is 0 Å². The smallest absolute Gasteiger partial charge is 0.303 e. The molecular formula is C23H32N2O6. The molecule has 0 aromatic heterocycles. The van der Waals surface area contributed by atoms with E-state index in [0.717, 1.165) is 19.3 Å². The predicted molar refractivity (Wildman–Crippen MR) is 114 cm³/mol. The Labute approximate surface area is 183 Å². The van der Waals surface area contributed by atoms with Crippen molar-refractivity contribution in [1.29, 1.82) is 0 Å². The molecule has 2 fully saturated rings. The van der Waals surface area contributed by atoms with Crippen molar-refractivity contribution in [3.05, 3.63) is 23.8 Å². The van der Waals surface area contributed by atoms with E-state index in [1.165, 1.54) is 6.92 Å². The van der Waals surface area contributed by atoms with Crippen LogP contribution in [-0.4, -0.2) is 73.6 Å². The summed E-state index contributed by atoms with van der Waals surface area (Å²) in [6, 6.07) is 5.21. The minimum atomic E-state index is -1.17. The zero-order valence-electron chi connectivity index (χ0n) is 19.0. The standard InChI is InChI=1S/C23H32N2O6/c1-16(26)31-22(2,3)21(28)25-13-10-23(15-25)8-11-24(12-9-23)20(27)18-14-17(29-4)6-7-19(18)30-5/h6-7,14H,8-13,15H2,1-5H3. The van der Waals surface area contributed by atoms with Crippen molar-refractivity contribution in [2.75, 3.05) is 40.4 Å². The molecule has 2 amide bonds. The molecule has 0 radical (unpaired) electrons. The molecule has 31 heavy (non-hydrogen) atoms. The third-order valence-corrected chi connectivity index (χ3v) is 6.39. The molecule has 0 atom stereocenters. The number of hydrogen-bond acceptors (Lipinski definition) is 6. The topological polar surface area (TPSA) is 85.4 Å². The maximum atomic E-state index is 13.1. The lowest BCUT2D eigenvalue weighted by Crippen LogP contribution is -2.49. The summed E-state index contributed by atoms with van der Waals surface area (Å²) >= 11 is 0. The summed E-state index contributed by atoms with van der Waals surface area (Å²) in [6.07, 6.45) is 2.53. The van der Waals surface area contributed by atoms with Crippen LogP contribution in [0.4, 0.5) is 0 Å². The molecule has 2 aliphatic heterocycles. The molecule has 0 bridgehead atoms. The first kappa shape index (κ1) is 22.9. The summed E-state index contributed by atoms with van der Waals surface area (Å²) in [5.74, 6) is 0.424. The maximum Gasteiger partial charge on any atom is 0.303 e. The lowest BCUT2D eigenvalue weighted by Gasteiger charge is -2.39. The van der Waals surface area contributed by atoms with Gasteiger partial charge in [0.15, 0.2) is 5.60 Å². The second-order valence-corrected chi connectivity index (χ2v) is 8.94.